The molecule has 0 atom stereocenters. The van der Waals surface area contributed by atoms with Crippen molar-refractivity contribution in [2.75, 3.05) is 6.61 Å². The summed E-state index contributed by atoms with van der Waals surface area (Å²) in [7, 11) is 0. The highest BCUT2D eigenvalue weighted by Crippen LogP contribution is 1.95. The van der Waals surface area contributed by atoms with Crippen molar-refractivity contribution < 1.29 is 9.53 Å². The molecule has 0 radical (unpaired) electrons. The van der Waals surface area contributed by atoms with Gasteiger partial charge in [0, 0.05) is 4.91 Å². The van der Waals surface area contributed by atoms with Crippen molar-refractivity contribution in [1.82, 2.24) is 0 Å². The minimum Gasteiger partial charge on any atom is -0.463 e. The van der Waals surface area contributed by atoms with Crippen molar-refractivity contribution in [3.63, 3.8) is 0 Å². The summed E-state index contributed by atoms with van der Waals surface area (Å²) in [6.07, 6.45) is 0. The normalized spacial score (nSPS) is 7.70. The van der Waals surface area contributed by atoms with Gasteiger partial charge in [-0.05, 0) is 12.5 Å². The minimum atomic E-state index is -0.680. The second-order valence-corrected chi connectivity index (χ2v) is 1.36. The summed E-state index contributed by atoms with van der Waals surface area (Å²) in [5.41, 5.74) is 7.63. The van der Waals surface area contributed by atoms with Gasteiger partial charge >= 0.3 is 5.97 Å². The van der Waals surface area contributed by atoms with Gasteiger partial charge < -0.3 is 4.74 Å². The SMILES string of the molecule is C=C(N=[N+]=[N-])C(=O)OCC. The Hall–Kier alpha value is -1.48. The molecular formula is C5H7N3O2. The second kappa shape index (κ2) is 4.40. The van der Waals surface area contributed by atoms with Crippen LogP contribution in [0, 0.1) is 0 Å². The zero-order valence-corrected chi connectivity index (χ0v) is 5.57. The van der Waals surface area contributed by atoms with Crippen molar-refractivity contribution in [2.45, 2.75) is 6.92 Å². The van der Waals surface area contributed by atoms with Crippen LogP contribution in [0.1, 0.15) is 6.92 Å². The van der Waals surface area contributed by atoms with E-state index in [0.29, 0.717) is 0 Å². The number of ether oxygens (including phenoxy) is 1. The highest BCUT2D eigenvalue weighted by molar-refractivity contribution is 5.87. The van der Waals surface area contributed by atoms with Gasteiger partial charge in [0.2, 0.25) is 0 Å². The monoisotopic (exact) mass is 141 g/mol. The molecule has 0 fully saturated rings. The molecule has 0 N–H and O–H groups in total. The van der Waals surface area contributed by atoms with Crippen molar-refractivity contribution in [3.05, 3.63) is 22.7 Å². The van der Waals surface area contributed by atoms with Gasteiger partial charge in [0.05, 0.1) is 6.61 Å². The Morgan fingerprint density at radius 2 is 2.50 bits per heavy atom. The zero-order chi connectivity index (χ0) is 7.98. The van der Waals surface area contributed by atoms with E-state index in [0.717, 1.165) is 0 Å². The number of azide groups is 1. The van der Waals surface area contributed by atoms with Crippen LogP contribution in [0.3, 0.4) is 0 Å². The van der Waals surface area contributed by atoms with Gasteiger partial charge in [-0.3, -0.25) is 0 Å². The standard InChI is InChI=1S/C5H7N3O2/c1-3-10-5(9)4(2)7-8-6/h2-3H2,1H3. The number of hydrogen-bond donors (Lipinski definition) is 0. The predicted octanol–water partition coefficient (Wildman–Crippen LogP) is 1.37. The Morgan fingerprint density at radius 3 is 2.90 bits per heavy atom. The number of nitrogens with zero attached hydrogens (tertiary/aromatic N) is 3. The summed E-state index contributed by atoms with van der Waals surface area (Å²) in [5.74, 6) is -0.680. The molecule has 0 rings (SSSR count). The highest BCUT2D eigenvalue weighted by atomic mass is 16.5. The summed E-state index contributed by atoms with van der Waals surface area (Å²) < 4.78 is 4.45. The molecule has 5 nitrogen and oxygen atoms in total. The molecule has 0 unspecified atom stereocenters. The molecule has 0 bridgehead atoms. The Balaban J connectivity index is 3.95. The van der Waals surface area contributed by atoms with E-state index in [9.17, 15) is 4.79 Å². The van der Waals surface area contributed by atoms with Crippen LogP contribution in [0.15, 0.2) is 17.4 Å². The van der Waals surface area contributed by atoms with Gasteiger partial charge in [-0.25, -0.2) is 4.79 Å². The molecule has 0 aromatic rings. The van der Waals surface area contributed by atoms with Crippen LogP contribution in [-0.4, -0.2) is 12.6 Å². The average Bonchev–Trinajstić information content (AvgIpc) is 1.89. The molecule has 0 aromatic carbocycles. The van der Waals surface area contributed by atoms with Gasteiger partial charge in [0.15, 0.2) is 0 Å². The zero-order valence-electron chi connectivity index (χ0n) is 5.57. The lowest BCUT2D eigenvalue weighted by Gasteiger charge is -1.96. The van der Waals surface area contributed by atoms with E-state index in [1.165, 1.54) is 0 Å². The first-order valence-corrected chi connectivity index (χ1v) is 2.63. The quantitative estimate of drug-likeness (QED) is 0.196. The van der Waals surface area contributed by atoms with Crippen LogP contribution >= 0.6 is 0 Å². The molecule has 0 saturated heterocycles. The third-order valence-electron chi connectivity index (χ3n) is 0.676. The molecule has 0 aliphatic carbocycles. The summed E-state index contributed by atoms with van der Waals surface area (Å²) >= 11 is 0. The summed E-state index contributed by atoms with van der Waals surface area (Å²) in [6, 6.07) is 0. The van der Waals surface area contributed by atoms with E-state index in [1.807, 2.05) is 0 Å². The molecular weight excluding hydrogens is 134 g/mol. The number of carbonyl (C=O) groups is 1. The molecule has 0 amide bonds. The first kappa shape index (κ1) is 8.52. The maximum Gasteiger partial charge on any atom is 0.339 e. The van der Waals surface area contributed by atoms with Crippen molar-refractivity contribution in [2.24, 2.45) is 5.11 Å². The number of esters is 1. The fourth-order valence-corrected chi connectivity index (χ4v) is 0.309. The average molecular weight is 141 g/mol. The van der Waals surface area contributed by atoms with Crippen LogP contribution in [-0.2, 0) is 9.53 Å². The Morgan fingerprint density at radius 1 is 1.90 bits per heavy atom. The first-order valence-electron chi connectivity index (χ1n) is 2.63. The molecule has 5 heteroatoms. The summed E-state index contributed by atoms with van der Waals surface area (Å²) in [6.45, 7) is 5.07. The van der Waals surface area contributed by atoms with Crippen LogP contribution in [0.5, 0.6) is 0 Å². The maximum absolute atomic E-state index is 10.5. The summed E-state index contributed by atoms with van der Waals surface area (Å²) in [4.78, 5) is 12.9. The lowest BCUT2D eigenvalue weighted by molar-refractivity contribution is -0.138. The number of rotatable bonds is 3. The highest BCUT2D eigenvalue weighted by Gasteiger charge is 2.02. The van der Waals surface area contributed by atoms with Crippen LogP contribution in [0.25, 0.3) is 10.4 Å². The lowest BCUT2D eigenvalue weighted by Crippen LogP contribution is -2.03. The lowest BCUT2D eigenvalue weighted by atomic mass is 10.5. The minimum absolute atomic E-state index is 0.218. The van der Waals surface area contributed by atoms with E-state index in [4.69, 9.17) is 5.53 Å². The van der Waals surface area contributed by atoms with Crippen molar-refractivity contribution >= 4 is 5.97 Å². The maximum atomic E-state index is 10.5. The number of hydrogen-bond acceptors (Lipinski definition) is 3. The van der Waals surface area contributed by atoms with Gasteiger partial charge in [-0.1, -0.05) is 11.7 Å². The van der Waals surface area contributed by atoms with Crippen molar-refractivity contribution in [1.29, 1.82) is 0 Å². The van der Waals surface area contributed by atoms with E-state index in [1.54, 1.807) is 6.92 Å². The van der Waals surface area contributed by atoms with E-state index in [-0.39, 0.29) is 12.3 Å². The Kier molecular flexibility index (Phi) is 3.75. The van der Waals surface area contributed by atoms with Gasteiger partial charge in [0.1, 0.15) is 5.70 Å². The molecule has 0 heterocycles. The molecule has 10 heavy (non-hydrogen) atoms. The predicted molar refractivity (Wildman–Crippen MR) is 34.9 cm³/mol. The largest absolute Gasteiger partial charge is 0.463 e. The molecule has 0 saturated carbocycles. The molecule has 0 aromatic heterocycles. The topological polar surface area (TPSA) is 75.1 Å². The van der Waals surface area contributed by atoms with Gasteiger partial charge in [-0.2, -0.15) is 0 Å². The van der Waals surface area contributed by atoms with Crippen molar-refractivity contribution in [3.8, 4) is 0 Å². The molecule has 0 spiro atoms. The van der Waals surface area contributed by atoms with Crippen LogP contribution in [0.2, 0.25) is 0 Å². The smallest absolute Gasteiger partial charge is 0.339 e. The third-order valence-corrected chi connectivity index (χ3v) is 0.676. The molecule has 54 valence electrons. The van der Waals surface area contributed by atoms with Gasteiger partial charge in [-0.15, -0.1) is 0 Å². The van der Waals surface area contributed by atoms with E-state index in [2.05, 4.69) is 21.3 Å². The fourth-order valence-electron chi connectivity index (χ4n) is 0.309. The third kappa shape index (κ3) is 2.74. The number of carbonyl (C=O) groups excluding carboxylic acids is 1. The van der Waals surface area contributed by atoms with Crippen LogP contribution < -0.4 is 0 Å². The fraction of sp³-hybridized carbons (Fsp3) is 0.400. The van der Waals surface area contributed by atoms with Gasteiger partial charge in [0.25, 0.3) is 0 Å². The molecule has 0 aliphatic rings. The first-order chi connectivity index (χ1) is 4.72. The van der Waals surface area contributed by atoms with Crippen LogP contribution in [0.4, 0.5) is 0 Å². The van der Waals surface area contributed by atoms with E-state index < -0.39 is 5.97 Å². The Bertz CT molecular complexity index is 193. The second-order valence-electron chi connectivity index (χ2n) is 1.36. The molecule has 0 aliphatic heterocycles. The van der Waals surface area contributed by atoms with E-state index >= 15 is 0 Å². The summed E-state index contributed by atoms with van der Waals surface area (Å²) in [5, 5.41) is 2.95. The Labute approximate surface area is 57.9 Å².